The molecular formula is C15H14N2OS. The molecule has 2 N–H and O–H groups in total. The second-order valence-corrected chi connectivity index (χ2v) is 5.55. The SMILES string of the molecule is Cc1cc(=O)n(Cc2csc3ccccc23)cc1N. The van der Waals surface area contributed by atoms with Crippen LogP contribution in [0.4, 0.5) is 5.69 Å². The van der Waals surface area contributed by atoms with Crippen LogP contribution in [0.25, 0.3) is 10.1 Å². The molecule has 0 aliphatic rings. The summed E-state index contributed by atoms with van der Waals surface area (Å²) in [7, 11) is 0. The van der Waals surface area contributed by atoms with Crippen molar-refractivity contribution in [2.45, 2.75) is 13.5 Å². The lowest BCUT2D eigenvalue weighted by Gasteiger charge is -2.07. The Balaban J connectivity index is 2.06. The van der Waals surface area contributed by atoms with Gasteiger partial charge in [0.1, 0.15) is 0 Å². The van der Waals surface area contributed by atoms with E-state index in [1.807, 2.05) is 19.1 Å². The number of anilines is 1. The van der Waals surface area contributed by atoms with Crippen LogP contribution in [-0.2, 0) is 6.54 Å². The highest BCUT2D eigenvalue weighted by Crippen LogP contribution is 2.26. The van der Waals surface area contributed by atoms with Crippen LogP contribution in [0, 0.1) is 6.92 Å². The Morgan fingerprint density at radius 1 is 1.32 bits per heavy atom. The maximum absolute atomic E-state index is 12.0. The number of nitrogens with zero attached hydrogens (tertiary/aromatic N) is 1. The maximum Gasteiger partial charge on any atom is 0.251 e. The summed E-state index contributed by atoms with van der Waals surface area (Å²) in [6.07, 6.45) is 1.73. The van der Waals surface area contributed by atoms with Gasteiger partial charge in [0.15, 0.2) is 0 Å². The van der Waals surface area contributed by atoms with Gasteiger partial charge in [0.25, 0.3) is 5.56 Å². The third-order valence-corrected chi connectivity index (χ3v) is 4.29. The van der Waals surface area contributed by atoms with Crippen molar-refractivity contribution in [3.05, 3.63) is 63.4 Å². The maximum atomic E-state index is 12.0. The minimum absolute atomic E-state index is 0.0121. The first-order valence-corrected chi connectivity index (χ1v) is 6.95. The third kappa shape index (κ3) is 2.15. The number of fused-ring (bicyclic) bond motifs is 1. The fraction of sp³-hybridized carbons (Fsp3) is 0.133. The number of pyridine rings is 1. The van der Waals surface area contributed by atoms with Crippen molar-refractivity contribution in [3.8, 4) is 0 Å². The van der Waals surface area contributed by atoms with Crippen LogP contribution >= 0.6 is 11.3 Å². The van der Waals surface area contributed by atoms with Crippen molar-refractivity contribution in [1.29, 1.82) is 0 Å². The fourth-order valence-corrected chi connectivity index (χ4v) is 3.10. The summed E-state index contributed by atoms with van der Waals surface area (Å²) in [5.74, 6) is 0. The van der Waals surface area contributed by atoms with E-state index in [0.29, 0.717) is 12.2 Å². The van der Waals surface area contributed by atoms with Gasteiger partial charge in [-0.15, -0.1) is 11.3 Å². The molecule has 3 rings (SSSR count). The number of nitrogen functional groups attached to an aromatic ring is 1. The Morgan fingerprint density at radius 2 is 2.11 bits per heavy atom. The van der Waals surface area contributed by atoms with Crippen LogP contribution in [0.5, 0.6) is 0 Å². The lowest BCUT2D eigenvalue weighted by Crippen LogP contribution is -2.20. The molecule has 0 aliphatic carbocycles. The molecule has 96 valence electrons. The number of nitrogens with two attached hydrogens (primary N) is 1. The normalized spacial score (nSPS) is 11.0. The Morgan fingerprint density at radius 3 is 2.95 bits per heavy atom. The summed E-state index contributed by atoms with van der Waals surface area (Å²) in [6, 6.07) is 9.81. The first-order chi connectivity index (χ1) is 9.15. The Kier molecular flexibility index (Phi) is 2.87. The lowest BCUT2D eigenvalue weighted by atomic mass is 10.1. The summed E-state index contributed by atoms with van der Waals surface area (Å²) < 4.78 is 2.90. The lowest BCUT2D eigenvalue weighted by molar-refractivity contribution is 0.765. The minimum atomic E-state index is -0.0121. The molecule has 0 fully saturated rings. The number of rotatable bonds is 2. The molecule has 0 amide bonds. The molecule has 4 heteroatoms. The molecule has 1 aromatic carbocycles. The molecule has 0 saturated carbocycles. The molecule has 2 heterocycles. The van der Waals surface area contributed by atoms with E-state index in [1.165, 1.54) is 10.1 Å². The average molecular weight is 270 g/mol. The predicted octanol–water partition coefficient (Wildman–Crippen LogP) is 3.00. The highest BCUT2D eigenvalue weighted by atomic mass is 32.1. The van der Waals surface area contributed by atoms with E-state index in [4.69, 9.17) is 5.73 Å². The van der Waals surface area contributed by atoms with Gasteiger partial charge in [-0.2, -0.15) is 0 Å². The van der Waals surface area contributed by atoms with E-state index in [2.05, 4.69) is 17.5 Å². The molecule has 2 aromatic heterocycles. The topological polar surface area (TPSA) is 48.0 Å². The third-order valence-electron chi connectivity index (χ3n) is 3.28. The van der Waals surface area contributed by atoms with Crippen molar-refractivity contribution in [1.82, 2.24) is 4.57 Å². The van der Waals surface area contributed by atoms with E-state index in [9.17, 15) is 4.79 Å². The average Bonchev–Trinajstić information content (AvgIpc) is 2.80. The standard InChI is InChI=1S/C15H14N2OS/c1-10-6-15(18)17(8-13(10)16)7-11-9-19-14-5-3-2-4-12(11)14/h2-6,8-9H,7,16H2,1H3. The van der Waals surface area contributed by atoms with Crippen LogP contribution in [-0.4, -0.2) is 4.57 Å². The quantitative estimate of drug-likeness (QED) is 0.778. The summed E-state index contributed by atoms with van der Waals surface area (Å²) in [4.78, 5) is 12.0. The highest BCUT2D eigenvalue weighted by Gasteiger charge is 2.06. The number of hydrogen-bond acceptors (Lipinski definition) is 3. The first-order valence-electron chi connectivity index (χ1n) is 6.07. The Hall–Kier alpha value is -2.07. The summed E-state index contributed by atoms with van der Waals surface area (Å²) in [6.45, 7) is 2.41. The number of benzene rings is 1. The minimum Gasteiger partial charge on any atom is -0.397 e. The fourth-order valence-electron chi connectivity index (χ4n) is 2.15. The molecule has 0 bridgehead atoms. The van der Waals surface area contributed by atoms with Gasteiger partial charge in [0.2, 0.25) is 0 Å². The molecular weight excluding hydrogens is 256 g/mol. The van der Waals surface area contributed by atoms with Crippen LogP contribution in [0.3, 0.4) is 0 Å². The van der Waals surface area contributed by atoms with Gasteiger partial charge in [-0.05, 0) is 34.9 Å². The smallest absolute Gasteiger partial charge is 0.251 e. The van der Waals surface area contributed by atoms with Crippen molar-refractivity contribution in [2.75, 3.05) is 5.73 Å². The Bertz CT molecular complexity index is 801. The van der Waals surface area contributed by atoms with Crippen LogP contribution in [0.2, 0.25) is 0 Å². The molecule has 3 nitrogen and oxygen atoms in total. The van der Waals surface area contributed by atoms with Gasteiger partial charge in [-0.25, -0.2) is 0 Å². The molecule has 0 spiro atoms. The van der Waals surface area contributed by atoms with E-state index in [1.54, 1.807) is 28.2 Å². The summed E-state index contributed by atoms with van der Waals surface area (Å²) in [5.41, 5.74) is 8.50. The molecule has 19 heavy (non-hydrogen) atoms. The van der Waals surface area contributed by atoms with Crippen molar-refractivity contribution in [2.24, 2.45) is 0 Å². The first kappa shape index (κ1) is 12.0. The molecule has 0 radical (unpaired) electrons. The number of aryl methyl sites for hydroxylation is 1. The molecule has 0 saturated heterocycles. The van der Waals surface area contributed by atoms with E-state index < -0.39 is 0 Å². The predicted molar refractivity (Wildman–Crippen MR) is 80.8 cm³/mol. The van der Waals surface area contributed by atoms with E-state index >= 15 is 0 Å². The zero-order chi connectivity index (χ0) is 13.4. The molecule has 0 aliphatic heterocycles. The van der Waals surface area contributed by atoms with Crippen molar-refractivity contribution in [3.63, 3.8) is 0 Å². The van der Waals surface area contributed by atoms with Gasteiger partial charge < -0.3 is 10.3 Å². The molecule has 0 atom stereocenters. The summed E-state index contributed by atoms with van der Waals surface area (Å²) in [5, 5.41) is 3.31. The zero-order valence-corrected chi connectivity index (χ0v) is 11.4. The number of hydrogen-bond donors (Lipinski definition) is 1. The molecule has 3 aromatic rings. The van der Waals surface area contributed by atoms with Crippen molar-refractivity contribution < 1.29 is 0 Å². The van der Waals surface area contributed by atoms with E-state index in [0.717, 1.165) is 11.1 Å². The van der Waals surface area contributed by atoms with Gasteiger partial charge in [-0.3, -0.25) is 4.79 Å². The second kappa shape index (κ2) is 4.55. The number of aromatic nitrogens is 1. The van der Waals surface area contributed by atoms with Gasteiger partial charge >= 0.3 is 0 Å². The largest absolute Gasteiger partial charge is 0.397 e. The number of thiophene rings is 1. The van der Waals surface area contributed by atoms with Gasteiger partial charge in [0.05, 0.1) is 12.2 Å². The van der Waals surface area contributed by atoms with Crippen molar-refractivity contribution >= 4 is 27.1 Å². The summed E-state index contributed by atoms with van der Waals surface area (Å²) >= 11 is 1.70. The van der Waals surface area contributed by atoms with Crippen LogP contribution in [0.15, 0.2) is 46.7 Å². The second-order valence-electron chi connectivity index (χ2n) is 4.64. The zero-order valence-electron chi connectivity index (χ0n) is 10.6. The molecule has 0 unspecified atom stereocenters. The van der Waals surface area contributed by atoms with Crippen LogP contribution < -0.4 is 11.3 Å². The highest BCUT2D eigenvalue weighted by molar-refractivity contribution is 7.17. The van der Waals surface area contributed by atoms with Gasteiger partial charge in [0, 0.05) is 17.0 Å². The van der Waals surface area contributed by atoms with Gasteiger partial charge in [-0.1, -0.05) is 18.2 Å². The van der Waals surface area contributed by atoms with Crippen LogP contribution in [0.1, 0.15) is 11.1 Å². The van der Waals surface area contributed by atoms with E-state index in [-0.39, 0.29) is 5.56 Å². The Labute approximate surface area is 114 Å². The monoisotopic (exact) mass is 270 g/mol.